The first kappa shape index (κ1) is 30.3. The lowest BCUT2D eigenvalue weighted by Gasteiger charge is -2.31. The van der Waals surface area contributed by atoms with E-state index in [4.69, 9.17) is 9.90 Å². The Balaban J connectivity index is 0.000000638. The lowest BCUT2D eigenvalue weighted by atomic mass is 9.95. The number of carboxylic acid groups (broad SMARTS) is 1. The molecule has 1 saturated heterocycles. The average Bonchev–Trinajstić information content (AvgIpc) is 2.91. The molecule has 1 aliphatic heterocycles. The highest BCUT2D eigenvalue weighted by Gasteiger charge is 2.38. The van der Waals surface area contributed by atoms with Crippen molar-refractivity contribution in [2.75, 3.05) is 25.0 Å². The van der Waals surface area contributed by atoms with Crippen molar-refractivity contribution in [2.45, 2.75) is 45.2 Å². The van der Waals surface area contributed by atoms with E-state index in [0.717, 1.165) is 12.8 Å². The summed E-state index contributed by atoms with van der Waals surface area (Å²) < 4.78 is 31.7. The van der Waals surface area contributed by atoms with Crippen molar-refractivity contribution in [1.29, 1.82) is 0 Å². The first-order valence-electron chi connectivity index (χ1n) is 12.3. The Kier molecular flexibility index (Phi) is 11.8. The Morgan fingerprint density at radius 3 is 2.08 bits per heavy atom. The molecular formula is C27H32F3N3O5. The second kappa shape index (κ2) is 14.7. The second-order valence-corrected chi connectivity index (χ2v) is 8.73. The van der Waals surface area contributed by atoms with Crippen LogP contribution in [-0.2, 0) is 20.8 Å². The van der Waals surface area contributed by atoms with Gasteiger partial charge < -0.3 is 20.6 Å². The van der Waals surface area contributed by atoms with Crippen LogP contribution in [0.5, 0.6) is 0 Å². The van der Waals surface area contributed by atoms with Gasteiger partial charge in [0, 0.05) is 43.2 Å². The van der Waals surface area contributed by atoms with Crippen molar-refractivity contribution in [2.24, 2.45) is 5.92 Å². The third-order valence-electron chi connectivity index (χ3n) is 5.92. The summed E-state index contributed by atoms with van der Waals surface area (Å²) >= 11 is 0. The van der Waals surface area contributed by atoms with Gasteiger partial charge in [0.25, 0.3) is 5.91 Å². The number of carboxylic acids is 1. The lowest BCUT2D eigenvalue weighted by Crippen LogP contribution is -2.43. The number of nitrogens with zero attached hydrogens (tertiary/aromatic N) is 1. The Hall–Kier alpha value is -3.89. The van der Waals surface area contributed by atoms with Crippen LogP contribution in [0.3, 0.4) is 0 Å². The Labute approximate surface area is 219 Å². The standard InChI is InChI=1S/C25H31N3O3.C2HF3O2/c1-2-23(29)27-22-12-10-21(11-13-22)25(31)28-17-14-20(15-18-28)24(30)26-16-6-9-19-7-4-3-5-8-19;3-2(4,5)1(6)7/h3-5,7-8,10-13,20H,2,6,9,14-18H2,1H3,(H,26,30)(H,27,29);(H,6,7). The van der Waals surface area contributed by atoms with E-state index in [9.17, 15) is 27.6 Å². The second-order valence-electron chi connectivity index (χ2n) is 8.73. The smallest absolute Gasteiger partial charge is 0.475 e. The molecule has 1 fully saturated rings. The molecule has 0 aromatic heterocycles. The fourth-order valence-electron chi connectivity index (χ4n) is 3.77. The van der Waals surface area contributed by atoms with Gasteiger partial charge in [-0.2, -0.15) is 13.2 Å². The van der Waals surface area contributed by atoms with Gasteiger partial charge in [0.15, 0.2) is 0 Å². The molecular weight excluding hydrogens is 503 g/mol. The molecule has 0 atom stereocenters. The number of likely N-dealkylation sites (tertiary alicyclic amines) is 1. The molecule has 2 aromatic carbocycles. The number of anilines is 1. The summed E-state index contributed by atoms with van der Waals surface area (Å²) in [4.78, 5) is 47.4. The largest absolute Gasteiger partial charge is 0.490 e. The highest BCUT2D eigenvalue weighted by atomic mass is 19.4. The molecule has 11 heteroatoms. The van der Waals surface area contributed by atoms with Crippen LogP contribution in [0.2, 0.25) is 0 Å². The maximum Gasteiger partial charge on any atom is 0.490 e. The van der Waals surface area contributed by atoms with Gasteiger partial charge in [-0.15, -0.1) is 0 Å². The topological polar surface area (TPSA) is 116 Å². The number of carbonyl (C=O) groups is 4. The molecule has 38 heavy (non-hydrogen) atoms. The minimum absolute atomic E-state index is 0.0323. The van der Waals surface area contributed by atoms with Crippen molar-refractivity contribution < 1.29 is 37.5 Å². The summed E-state index contributed by atoms with van der Waals surface area (Å²) in [6.07, 6.45) is -1.44. The van der Waals surface area contributed by atoms with Crippen LogP contribution in [0.1, 0.15) is 48.5 Å². The van der Waals surface area contributed by atoms with Crippen LogP contribution < -0.4 is 10.6 Å². The molecule has 0 radical (unpaired) electrons. The Morgan fingerprint density at radius 2 is 1.55 bits per heavy atom. The molecule has 206 valence electrons. The van der Waals surface area contributed by atoms with E-state index in [2.05, 4.69) is 22.8 Å². The van der Waals surface area contributed by atoms with E-state index >= 15 is 0 Å². The van der Waals surface area contributed by atoms with Gasteiger partial charge >= 0.3 is 12.1 Å². The Morgan fingerprint density at radius 1 is 0.974 bits per heavy atom. The minimum Gasteiger partial charge on any atom is -0.475 e. The summed E-state index contributed by atoms with van der Waals surface area (Å²) in [5.41, 5.74) is 2.56. The Bertz CT molecular complexity index is 1070. The molecule has 3 amide bonds. The van der Waals surface area contributed by atoms with E-state index in [1.54, 1.807) is 36.1 Å². The number of nitrogens with one attached hydrogen (secondary N) is 2. The summed E-state index contributed by atoms with van der Waals surface area (Å²) in [5, 5.41) is 13.0. The molecule has 0 unspecified atom stereocenters. The zero-order chi connectivity index (χ0) is 28.1. The minimum atomic E-state index is -5.08. The van der Waals surface area contributed by atoms with Crippen molar-refractivity contribution in [3.63, 3.8) is 0 Å². The SMILES string of the molecule is CCC(=O)Nc1ccc(C(=O)N2CCC(C(=O)NCCCc3ccccc3)CC2)cc1.O=C(O)C(F)(F)F. The highest BCUT2D eigenvalue weighted by molar-refractivity contribution is 5.96. The van der Waals surface area contributed by atoms with Gasteiger partial charge in [-0.05, 0) is 55.5 Å². The molecule has 0 saturated carbocycles. The van der Waals surface area contributed by atoms with E-state index in [1.165, 1.54) is 5.56 Å². The quantitative estimate of drug-likeness (QED) is 0.437. The van der Waals surface area contributed by atoms with Crippen LogP contribution in [0.15, 0.2) is 54.6 Å². The number of aryl methyl sites for hydroxylation is 1. The first-order valence-corrected chi connectivity index (χ1v) is 12.3. The molecule has 3 rings (SSSR count). The molecule has 8 nitrogen and oxygen atoms in total. The van der Waals surface area contributed by atoms with E-state index in [1.807, 2.05) is 18.2 Å². The predicted octanol–water partition coefficient (Wildman–Crippen LogP) is 4.27. The number of aliphatic carboxylic acids is 1. The zero-order valence-electron chi connectivity index (χ0n) is 21.1. The van der Waals surface area contributed by atoms with Gasteiger partial charge in [-0.25, -0.2) is 4.79 Å². The van der Waals surface area contributed by atoms with Crippen LogP contribution in [0.4, 0.5) is 18.9 Å². The van der Waals surface area contributed by atoms with Crippen molar-refractivity contribution in [3.8, 4) is 0 Å². The molecule has 1 heterocycles. The summed E-state index contributed by atoms with van der Waals surface area (Å²) in [6, 6.07) is 17.2. The van der Waals surface area contributed by atoms with Crippen LogP contribution in [-0.4, -0.2) is 59.5 Å². The zero-order valence-corrected chi connectivity index (χ0v) is 21.1. The number of hydrogen-bond acceptors (Lipinski definition) is 4. The molecule has 0 bridgehead atoms. The van der Waals surface area contributed by atoms with Gasteiger partial charge in [-0.1, -0.05) is 37.3 Å². The van der Waals surface area contributed by atoms with E-state index in [-0.39, 0.29) is 23.6 Å². The maximum absolute atomic E-state index is 12.7. The molecule has 2 aromatic rings. The van der Waals surface area contributed by atoms with Gasteiger partial charge in [0.2, 0.25) is 11.8 Å². The number of amides is 3. The summed E-state index contributed by atoms with van der Waals surface area (Å²) in [6.45, 7) is 3.63. The third kappa shape index (κ3) is 10.2. The molecule has 3 N–H and O–H groups in total. The normalized spacial score (nSPS) is 13.6. The fraction of sp³-hybridized carbons (Fsp3) is 0.407. The van der Waals surface area contributed by atoms with Crippen molar-refractivity contribution in [1.82, 2.24) is 10.2 Å². The van der Waals surface area contributed by atoms with Crippen LogP contribution >= 0.6 is 0 Å². The maximum atomic E-state index is 12.7. The van der Waals surface area contributed by atoms with Gasteiger partial charge in [-0.3, -0.25) is 14.4 Å². The molecule has 0 spiro atoms. The summed E-state index contributed by atoms with van der Waals surface area (Å²) in [5.74, 6) is -2.79. The lowest BCUT2D eigenvalue weighted by molar-refractivity contribution is -0.192. The van der Waals surface area contributed by atoms with Gasteiger partial charge in [0.1, 0.15) is 0 Å². The highest BCUT2D eigenvalue weighted by Crippen LogP contribution is 2.20. The van der Waals surface area contributed by atoms with Crippen molar-refractivity contribution >= 4 is 29.4 Å². The summed E-state index contributed by atoms with van der Waals surface area (Å²) in [7, 11) is 0. The number of benzene rings is 2. The van der Waals surface area contributed by atoms with Crippen molar-refractivity contribution in [3.05, 3.63) is 65.7 Å². The van der Waals surface area contributed by atoms with E-state index in [0.29, 0.717) is 50.1 Å². The molecule has 0 aliphatic carbocycles. The number of halogens is 3. The van der Waals surface area contributed by atoms with Crippen LogP contribution in [0, 0.1) is 5.92 Å². The number of carbonyl (C=O) groups excluding carboxylic acids is 3. The fourth-order valence-corrected chi connectivity index (χ4v) is 3.77. The van der Waals surface area contributed by atoms with Crippen LogP contribution in [0.25, 0.3) is 0 Å². The number of alkyl halides is 3. The van der Waals surface area contributed by atoms with E-state index < -0.39 is 12.1 Å². The molecule has 1 aliphatic rings. The predicted molar refractivity (Wildman–Crippen MR) is 135 cm³/mol. The monoisotopic (exact) mass is 535 g/mol. The first-order chi connectivity index (χ1) is 18.0. The third-order valence-corrected chi connectivity index (χ3v) is 5.92. The van der Waals surface area contributed by atoms with Gasteiger partial charge in [0.05, 0.1) is 0 Å². The number of piperidine rings is 1. The number of rotatable bonds is 8. The average molecular weight is 536 g/mol. The number of hydrogen-bond donors (Lipinski definition) is 3.